The van der Waals surface area contributed by atoms with E-state index in [9.17, 15) is 14.4 Å². The van der Waals surface area contributed by atoms with Crippen LogP contribution in [0.5, 0.6) is 0 Å². The van der Waals surface area contributed by atoms with E-state index in [-0.39, 0.29) is 6.04 Å². The lowest BCUT2D eigenvalue weighted by molar-refractivity contribution is -0.123. The molecule has 136 valence electrons. The number of carbonyl (C=O) groups excluding carboxylic acids is 3. The fraction of sp³-hybridized carbons (Fsp3) is 0.526. The topological polar surface area (TPSA) is 84.5 Å². The van der Waals surface area contributed by atoms with Crippen molar-refractivity contribution in [2.75, 3.05) is 6.61 Å². The maximum absolute atomic E-state index is 12.1. The minimum atomic E-state index is -0.639. The SMILES string of the molecule is Cc1cccc(C(=O)OCC(=O)NC(=O)N[C@@H]2CCCC[C@@H]2C)c1C. The third-order valence-corrected chi connectivity index (χ3v) is 4.84. The first-order chi connectivity index (χ1) is 11.9. The second-order valence-electron chi connectivity index (χ2n) is 6.71. The van der Waals surface area contributed by atoms with Crippen molar-refractivity contribution in [3.05, 3.63) is 34.9 Å². The molecule has 0 saturated heterocycles. The number of amides is 3. The van der Waals surface area contributed by atoms with Crippen LogP contribution in [0.4, 0.5) is 4.79 Å². The Balaban J connectivity index is 1.79. The lowest BCUT2D eigenvalue weighted by Gasteiger charge is -2.29. The number of carbonyl (C=O) groups is 3. The summed E-state index contributed by atoms with van der Waals surface area (Å²) in [7, 11) is 0. The number of hydrogen-bond donors (Lipinski definition) is 2. The van der Waals surface area contributed by atoms with Gasteiger partial charge in [-0.1, -0.05) is 31.9 Å². The van der Waals surface area contributed by atoms with Gasteiger partial charge < -0.3 is 10.1 Å². The minimum absolute atomic E-state index is 0.0824. The summed E-state index contributed by atoms with van der Waals surface area (Å²) in [5, 5.41) is 5.04. The summed E-state index contributed by atoms with van der Waals surface area (Å²) in [5.41, 5.74) is 2.21. The molecular formula is C19H26N2O4. The molecule has 1 fully saturated rings. The van der Waals surface area contributed by atoms with Gasteiger partial charge in [0.2, 0.25) is 0 Å². The summed E-state index contributed by atoms with van der Waals surface area (Å²) >= 11 is 0. The fourth-order valence-corrected chi connectivity index (χ4v) is 3.08. The van der Waals surface area contributed by atoms with Crippen LogP contribution in [0.1, 0.15) is 54.1 Å². The molecule has 1 saturated carbocycles. The molecule has 0 bridgehead atoms. The van der Waals surface area contributed by atoms with Crippen molar-refractivity contribution >= 4 is 17.9 Å². The number of urea groups is 1. The average molecular weight is 346 g/mol. The lowest BCUT2D eigenvalue weighted by Crippen LogP contribution is -2.48. The molecule has 0 heterocycles. The Bertz CT molecular complexity index is 657. The molecule has 0 aliphatic heterocycles. The summed E-state index contributed by atoms with van der Waals surface area (Å²) < 4.78 is 5.01. The second kappa shape index (κ2) is 8.65. The van der Waals surface area contributed by atoms with Crippen molar-refractivity contribution in [2.45, 2.75) is 52.5 Å². The molecular weight excluding hydrogens is 320 g/mol. The number of benzene rings is 1. The zero-order valence-corrected chi connectivity index (χ0v) is 15.1. The van der Waals surface area contributed by atoms with E-state index in [0.29, 0.717) is 11.5 Å². The summed E-state index contributed by atoms with van der Waals surface area (Å²) in [5.74, 6) is -0.811. The predicted octanol–water partition coefficient (Wildman–Crippen LogP) is 2.86. The third kappa shape index (κ3) is 5.31. The molecule has 2 rings (SSSR count). The van der Waals surface area contributed by atoms with Crippen molar-refractivity contribution in [1.29, 1.82) is 0 Å². The molecule has 6 heteroatoms. The summed E-state index contributed by atoms with van der Waals surface area (Å²) in [4.78, 5) is 35.8. The van der Waals surface area contributed by atoms with E-state index in [2.05, 4.69) is 17.6 Å². The smallest absolute Gasteiger partial charge is 0.338 e. The van der Waals surface area contributed by atoms with Crippen LogP contribution in [-0.2, 0) is 9.53 Å². The monoisotopic (exact) mass is 346 g/mol. The number of imide groups is 1. The zero-order valence-electron chi connectivity index (χ0n) is 15.1. The first-order valence-corrected chi connectivity index (χ1v) is 8.72. The maximum Gasteiger partial charge on any atom is 0.338 e. The van der Waals surface area contributed by atoms with Gasteiger partial charge in [0.05, 0.1) is 5.56 Å². The highest BCUT2D eigenvalue weighted by Gasteiger charge is 2.23. The number of ether oxygens (including phenoxy) is 1. The molecule has 25 heavy (non-hydrogen) atoms. The normalized spacial score (nSPS) is 19.8. The first kappa shape index (κ1) is 19.0. The van der Waals surface area contributed by atoms with Crippen molar-refractivity contribution < 1.29 is 19.1 Å². The Hall–Kier alpha value is -2.37. The van der Waals surface area contributed by atoms with Gasteiger partial charge in [0, 0.05) is 6.04 Å². The van der Waals surface area contributed by atoms with Crippen molar-refractivity contribution in [3.8, 4) is 0 Å². The second-order valence-corrected chi connectivity index (χ2v) is 6.71. The molecule has 2 N–H and O–H groups in total. The molecule has 1 aliphatic carbocycles. The van der Waals surface area contributed by atoms with Crippen molar-refractivity contribution in [1.82, 2.24) is 10.6 Å². The summed E-state index contributed by atoms with van der Waals surface area (Å²) in [6.07, 6.45) is 4.25. The van der Waals surface area contributed by atoms with Gasteiger partial charge in [0.1, 0.15) is 0 Å². The van der Waals surface area contributed by atoms with Gasteiger partial charge in [0.25, 0.3) is 5.91 Å². The Morgan fingerprint density at radius 1 is 1.16 bits per heavy atom. The first-order valence-electron chi connectivity index (χ1n) is 8.72. The van der Waals surface area contributed by atoms with Crippen LogP contribution >= 0.6 is 0 Å². The van der Waals surface area contributed by atoms with Crippen LogP contribution in [0.25, 0.3) is 0 Å². The van der Waals surface area contributed by atoms with E-state index in [0.717, 1.165) is 30.4 Å². The summed E-state index contributed by atoms with van der Waals surface area (Å²) in [6, 6.07) is 4.86. The van der Waals surface area contributed by atoms with Gasteiger partial charge in [-0.05, 0) is 49.8 Å². The molecule has 1 aromatic carbocycles. The quantitative estimate of drug-likeness (QED) is 0.821. The van der Waals surface area contributed by atoms with E-state index >= 15 is 0 Å². The van der Waals surface area contributed by atoms with Gasteiger partial charge in [-0.2, -0.15) is 0 Å². The fourth-order valence-electron chi connectivity index (χ4n) is 3.08. The van der Waals surface area contributed by atoms with Gasteiger partial charge in [0.15, 0.2) is 6.61 Å². The van der Waals surface area contributed by atoms with Crippen LogP contribution in [0.3, 0.4) is 0 Å². The molecule has 1 aromatic rings. The van der Waals surface area contributed by atoms with Gasteiger partial charge in [-0.3, -0.25) is 10.1 Å². The molecule has 0 spiro atoms. The predicted molar refractivity (Wildman–Crippen MR) is 94.3 cm³/mol. The van der Waals surface area contributed by atoms with Crippen molar-refractivity contribution in [3.63, 3.8) is 0 Å². The molecule has 6 nitrogen and oxygen atoms in total. The van der Waals surface area contributed by atoms with Crippen LogP contribution in [0.15, 0.2) is 18.2 Å². The zero-order chi connectivity index (χ0) is 18.4. The Kier molecular flexibility index (Phi) is 6.56. The van der Waals surface area contributed by atoms with Crippen LogP contribution in [-0.4, -0.2) is 30.6 Å². The number of rotatable bonds is 4. The average Bonchev–Trinajstić information content (AvgIpc) is 2.57. The Morgan fingerprint density at radius 3 is 2.60 bits per heavy atom. The van der Waals surface area contributed by atoms with Gasteiger partial charge >= 0.3 is 12.0 Å². The third-order valence-electron chi connectivity index (χ3n) is 4.84. The number of hydrogen-bond acceptors (Lipinski definition) is 4. The van der Waals surface area contributed by atoms with Crippen LogP contribution in [0, 0.1) is 19.8 Å². The minimum Gasteiger partial charge on any atom is -0.452 e. The molecule has 2 atom stereocenters. The van der Waals surface area contributed by atoms with Crippen LogP contribution in [0.2, 0.25) is 0 Å². The largest absolute Gasteiger partial charge is 0.452 e. The van der Waals surface area contributed by atoms with E-state index in [1.165, 1.54) is 6.42 Å². The van der Waals surface area contributed by atoms with E-state index < -0.39 is 24.5 Å². The Labute approximate surface area is 148 Å². The van der Waals surface area contributed by atoms with Crippen LogP contribution < -0.4 is 10.6 Å². The van der Waals surface area contributed by atoms with Gasteiger partial charge in [-0.25, -0.2) is 9.59 Å². The number of aryl methyl sites for hydroxylation is 1. The van der Waals surface area contributed by atoms with Crippen molar-refractivity contribution in [2.24, 2.45) is 5.92 Å². The highest BCUT2D eigenvalue weighted by molar-refractivity contribution is 5.97. The molecule has 0 unspecified atom stereocenters. The van der Waals surface area contributed by atoms with Gasteiger partial charge in [-0.15, -0.1) is 0 Å². The highest BCUT2D eigenvalue weighted by atomic mass is 16.5. The highest BCUT2D eigenvalue weighted by Crippen LogP contribution is 2.23. The van der Waals surface area contributed by atoms with E-state index in [1.807, 2.05) is 19.9 Å². The Morgan fingerprint density at radius 2 is 1.88 bits per heavy atom. The maximum atomic E-state index is 12.1. The standard InChI is InChI=1S/C19H26N2O4/c1-12-8-6-9-15(14(12)3)18(23)25-11-17(22)21-19(24)20-16-10-5-4-7-13(16)2/h6,8-9,13,16H,4-5,7,10-11H2,1-3H3,(H2,20,21,22,24)/t13-,16+/m0/s1. The number of esters is 1. The molecule has 0 radical (unpaired) electrons. The molecule has 3 amide bonds. The van der Waals surface area contributed by atoms with E-state index in [1.54, 1.807) is 12.1 Å². The van der Waals surface area contributed by atoms with E-state index in [4.69, 9.17) is 4.74 Å². The lowest BCUT2D eigenvalue weighted by atomic mass is 9.86. The molecule has 1 aliphatic rings. The summed E-state index contributed by atoms with van der Waals surface area (Å²) in [6.45, 7) is 5.33. The number of nitrogens with one attached hydrogen (secondary N) is 2. The molecule has 0 aromatic heterocycles.